The Hall–Kier alpha value is -1.66. The SMILES string of the molecule is CCCCCCCC/C=C/CCCCCCCCCC(CC(=O)NC(CO)C(O)CCCCCCCCCCCCCCCC)OC(=O)CCCCCCC/C=C/CCCCCCCCCCC. The Morgan fingerprint density at radius 2 is 0.706 bits per heavy atom. The fourth-order valence-electron chi connectivity index (χ4n) is 9.60. The molecule has 68 heavy (non-hydrogen) atoms. The highest BCUT2D eigenvalue weighted by Crippen LogP contribution is 2.19. The predicted molar refractivity (Wildman–Crippen MR) is 296 cm³/mol. The van der Waals surface area contributed by atoms with Gasteiger partial charge in [-0.3, -0.25) is 9.59 Å². The van der Waals surface area contributed by atoms with Crippen LogP contribution in [0.1, 0.15) is 335 Å². The molecule has 0 saturated carbocycles. The number of hydrogen-bond donors (Lipinski definition) is 3. The van der Waals surface area contributed by atoms with Crippen molar-refractivity contribution in [1.29, 1.82) is 0 Å². The Morgan fingerprint density at radius 1 is 0.412 bits per heavy atom. The molecule has 0 fully saturated rings. The van der Waals surface area contributed by atoms with Crippen molar-refractivity contribution in [3.05, 3.63) is 24.3 Å². The number of carbonyl (C=O) groups excluding carboxylic acids is 2. The van der Waals surface area contributed by atoms with Crippen LogP contribution in [0, 0.1) is 0 Å². The summed E-state index contributed by atoms with van der Waals surface area (Å²) in [6.07, 6.45) is 66.8. The maximum absolute atomic E-state index is 13.3. The molecular weight excluding hydrogens is 839 g/mol. The van der Waals surface area contributed by atoms with E-state index in [0.717, 1.165) is 57.8 Å². The van der Waals surface area contributed by atoms with Crippen molar-refractivity contribution < 1.29 is 24.5 Å². The first kappa shape index (κ1) is 66.3. The van der Waals surface area contributed by atoms with E-state index in [1.807, 2.05) is 0 Å². The molecule has 0 aromatic rings. The normalized spacial score (nSPS) is 13.2. The van der Waals surface area contributed by atoms with Crippen molar-refractivity contribution in [2.24, 2.45) is 0 Å². The van der Waals surface area contributed by atoms with Crippen molar-refractivity contribution >= 4 is 11.9 Å². The third-order valence-electron chi connectivity index (χ3n) is 14.3. The minimum absolute atomic E-state index is 0.0762. The molecule has 0 bridgehead atoms. The maximum Gasteiger partial charge on any atom is 0.306 e. The van der Waals surface area contributed by atoms with Crippen LogP contribution in [-0.4, -0.2) is 46.9 Å². The predicted octanol–water partition coefficient (Wildman–Crippen LogP) is 19.0. The molecule has 0 heterocycles. The molecule has 402 valence electrons. The number of aliphatic hydroxyl groups excluding tert-OH is 2. The smallest absolute Gasteiger partial charge is 0.306 e. The molecular formula is C62H119NO5. The van der Waals surface area contributed by atoms with E-state index in [1.54, 1.807) is 0 Å². The molecule has 0 aromatic heterocycles. The number of aliphatic hydroxyl groups is 2. The van der Waals surface area contributed by atoms with Crippen molar-refractivity contribution in [3.8, 4) is 0 Å². The van der Waals surface area contributed by atoms with E-state index in [2.05, 4.69) is 50.4 Å². The Kier molecular flexibility index (Phi) is 54.9. The lowest BCUT2D eigenvalue weighted by Crippen LogP contribution is -2.46. The van der Waals surface area contributed by atoms with Crippen LogP contribution >= 0.6 is 0 Å². The van der Waals surface area contributed by atoms with Gasteiger partial charge in [0, 0.05) is 6.42 Å². The van der Waals surface area contributed by atoms with Crippen LogP contribution in [0.5, 0.6) is 0 Å². The van der Waals surface area contributed by atoms with Crippen LogP contribution in [0.25, 0.3) is 0 Å². The topological polar surface area (TPSA) is 95.9 Å². The van der Waals surface area contributed by atoms with Gasteiger partial charge >= 0.3 is 5.97 Å². The van der Waals surface area contributed by atoms with Gasteiger partial charge in [0.1, 0.15) is 6.10 Å². The van der Waals surface area contributed by atoms with Gasteiger partial charge in [-0.05, 0) is 77.0 Å². The van der Waals surface area contributed by atoms with E-state index in [0.29, 0.717) is 19.3 Å². The zero-order chi connectivity index (χ0) is 49.5. The fraction of sp³-hybridized carbons (Fsp3) is 0.903. The van der Waals surface area contributed by atoms with Gasteiger partial charge in [-0.15, -0.1) is 0 Å². The molecule has 0 radical (unpaired) electrons. The minimum atomic E-state index is -0.788. The molecule has 6 heteroatoms. The number of nitrogens with one attached hydrogen (secondary N) is 1. The summed E-state index contributed by atoms with van der Waals surface area (Å²) in [4.78, 5) is 26.3. The Morgan fingerprint density at radius 3 is 1.04 bits per heavy atom. The number of carbonyl (C=O) groups is 2. The van der Waals surface area contributed by atoms with Gasteiger partial charge in [0.25, 0.3) is 0 Å². The quantitative estimate of drug-likeness (QED) is 0.0321. The van der Waals surface area contributed by atoms with Crippen LogP contribution in [0.15, 0.2) is 24.3 Å². The first-order chi connectivity index (χ1) is 33.5. The summed E-state index contributed by atoms with van der Waals surface area (Å²) in [6.45, 7) is 6.52. The van der Waals surface area contributed by atoms with Crippen molar-refractivity contribution in [2.75, 3.05) is 6.61 Å². The van der Waals surface area contributed by atoms with Gasteiger partial charge in [0.05, 0.1) is 25.2 Å². The number of allylic oxidation sites excluding steroid dienone is 4. The molecule has 6 nitrogen and oxygen atoms in total. The molecule has 0 saturated heterocycles. The summed E-state index contributed by atoms with van der Waals surface area (Å²) in [5.41, 5.74) is 0. The van der Waals surface area contributed by atoms with Crippen LogP contribution in [0.2, 0.25) is 0 Å². The number of amides is 1. The first-order valence-electron chi connectivity index (χ1n) is 30.6. The fourth-order valence-corrected chi connectivity index (χ4v) is 9.60. The third-order valence-corrected chi connectivity index (χ3v) is 14.3. The summed E-state index contributed by atoms with van der Waals surface area (Å²) < 4.78 is 5.98. The minimum Gasteiger partial charge on any atom is -0.462 e. The lowest BCUT2D eigenvalue weighted by molar-refractivity contribution is -0.151. The second-order valence-corrected chi connectivity index (χ2v) is 21.1. The molecule has 3 atom stereocenters. The zero-order valence-corrected chi connectivity index (χ0v) is 46.0. The molecule has 3 unspecified atom stereocenters. The van der Waals surface area contributed by atoms with Gasteiger partial charge in [-0.2, -0.15) is 0 Å². The van der Waals surface area contributed by atoms with Gasteiger partial charge < -0.3 is 20.3 Å². The highest BCUT2D eigenvalue weighted by atomic mass is 16.5. The lowest BCUT2D eigenvalue weighted by Gasteiger charge is -2.24. The van der Waals surface area contributed by atoms with Crippen molar-refractivity contribution in [1.82, 2.24) is 5.32 Å². The van der Waals surface area contributed by atoms with E-state index in [1.165, 1.54) is 231 Å². The van der Waals surface area contributed by atoms with E-state index in [4.69, 9.17) is 4.74 Å². The summed E-state index contributed by atoms with van der Waals surface area (Å²) in [5, 5.41) is 23.9. The van der Waals surface area contributed by atoms with Crippen LogP contribution in [0.4, 0.5) is 0 Å². The average Bonchev–Trinajstić information content (AvgIpc) is 3.33. The molecule has 3 N–H and O–H groups in total. The number of hydrogen-bond acceptors (Lipinski definition) is 5. The number of unbranched alkanes of at least 4 members (excludes halogenated alkanes) is 40. The van der Waals surface area contributed by atoms with Gasteiger partial charge in [-0.1, -0.05) is 270 Å². The van der Waals surface area contributed by atoms with E-state index in [-0.39, 0.29) is 24.9 Å². The summed E-state index contributed by atoms with van der Waals surface area (Å²) in [5.74, 6) is -0.468. The van der Waals surface area contributed by atoms with Crippen molar-refractivity contribution in [3.63, 3.8) is 0 Å². The van der Waals surface area contributed by atoms with E-state index in [9.17, 15) is 19.8 Å². The molecule has 0 aliphatic carbocycles. The highest BCUT2D eigenvalue weighted by Gasteiger charge is 2.24. The van der Waals surface area contributed by atoms with Gasteiger partial charge in [0.2, 0.25) is 5.91 Å². The molecule has 0 aliphatic rings. The number of rotatable bonds is 56. The average molecular weight is 959 g/mol. The van der Waals surface area contributed by atoms with Gasteiger partial charge in [0.15, 0.2) is 0 Å². The molecule has 1 amide bonds. The van der Waals surface area contributed by atoms with Gasteiger partial charge in [-0.25, -0.2) is 0 Å². The number of ether oxygens (including phenoxy) is 1. The second-order valence-electron chi connectivity index (χ2n) is 21.1. The molecule has 0 aromatic carbocycles. The highest BCUT2D eigenvalue weighted by molar-refractivity contribution is 5.77. The van der Waals surface area contributed by atoms with Crippen molar-refractivity contribution in [2.45, 2.75) is 354 Å². The summed E-state index contributed by atoms with van der Waals surface area (Å²) in [7, 11) is 0. The third kappa shape index (κ3) is 50.7. The standard InChI is InChI=1S/C62H119NO5/c1-4-7-10-13-16-19-22-25-28-30-32-34-37-40-43-46-49-52-55-62(67)68-58(53-50-47-44-41-38-35-33-31-29-26-23-20-17-14-11-8-5-2)56-61(66)63-59(57-64)60(65)54-51-48-45-42-39-36-27-24-21-18-15-12-9-6-3/h26,29,32,34,58-60,64-65H,4-25,27-28,30-31,33,35-57H2,1-3H3,(H,63,66)/b29-26+,34-32+. The molecule has 0 rings (SSSR count). The molecule has 0 aliphatic heterocycles. The Labute approximate surface area is 424 Å². The summed E-state index contributed by atoms with van der Waals surface area (Å²) >= 11 is 0. The largest absolute Gasteiger partial charge is 0.462 e. The van der Waals surface area contributed by atoms with E-state index < -0.39 is 18.2 Å². The zero-order valence-electron chi connectivity index (χ0n) is 46.0. The van der Waals surface area contributed by atoms with E-state index >= 15 is 0 Å². The summed E-state index contributed by atoms with van der Waals surface area (Å²) in [6, 6.07) is -0.702. The lowest BCUT2D eigenvalue weighted by atomic mass is 10.0. The maximum atomic E-state index is 13.3. The van der Waals surface area contributed by atoms with Crippen LogP contribution in [0.3, 0.4) is 0 Å². The van der Waals surface area contributed by atoms with Crippen LogP contribution < -0.4 is 5.32 Å². The van der Waals surface area contributed by atoms with Crippen LogP contribution in [-0.2, 0) is 14.3 Å². The number of esters is 1. The first-order valence-corrected chi connectivity index (χ1v) is 30.6. The monoisotopic (exact) mass is 958 g/mol. The Bertz CT molecular complexity index is 1080. The Balaban J connectivity index is 4.54. The molecule has 0 spiro atoms. The second kappa shape index (κ2) is 56.3.